The number of carbonyl (C=O) groups is 1. The third kappa shape index (κ3) is 1.72. The Kier molecular flexibility index (Phi) is 1.99. The molecular weight excluding hydrogens is 174 g/mol. The van der Waals surface area contributed by atoms with E-state index in [2.05, 4.69) is 19.9 Å². The molecule has 2 heteroatoms. The van der Waals surface area contributed by atoms with Crippen molar-refractivity contribution in [3.8, 4) is 6.07 Å². The summed E-state index contributed by atoms with van der Waals surface area (Å²) in [7, 11) is 0. The molecule has 2 aliphatic carbocycles. The molecule has 1 fully saturated rings. The topological polar surface area (TPSA) is 40.9 Å². The minimum absolute atomic E-state index is 0.101. The molecule has 2 aliphatic rings. The number of carbonyl (C=O) groups excluding carboxylic acids is 1. The summed E-state index contributed by atoms with van der Waals surface area (Å²) in [6.45, 7) is 4.25. The van der Waals surface area contributed by atoms with Crippen LogP contribution < -0.4 is 0 Å². The lowest BCUT2D eigenvalue weighted by Gasteiger charge is -2.28. The predicted molar refractivity (Wildman–Crippen MR) is 53.3 cm³/mol. The Morgan fingerprint density at radius 1 is 1.50 bits per heavy atom. The van der Waals surface area contributed by atoms with E-state index in [1.807, 2.05) is 0 Å². The van der Waals surface area contributed by atoms with Gasteiger partial charge in [0.2, 0.25) is 0 Å². The predicted octanol–water partition coefficient (Wildman–Crippen LogP) is 2.46. The highest BCUT2D eigenvalue weighted by molar-refractivity contribution is 5.92. The molecule has 2 atom stereocenters. The van der Waals surface area contributed by atoms with Crippen molar-refractivity contribution < 1.29 is 4.79 Å². The molecule has 1 saturated carbocycles. The average molecular weight is 189 g/mol. The van der Waals surface area contributed by atoms with Crippen LogP contribution in [0.3, 0.4) is 0 Å². The molecule has 74 valence electrons. The van der Waals surface area contributed by atoms with Crippen LogP contribution in [0.1, 0.15) is 33.1 Å². The van der Waals surface area contributed by atoms with Gasteiger partial charge >= 0.3 is 0 Å². The monoisotopic (exact) mass is 189 g/mol. The first-order valence-corrected chi connectivity index (χ1v) is 5.15. The van der Waals surface area contributed by atoms with E-state index in [4.69, 9.17) is 5.26 Å². The first kappa shape index (κ1) is 9.45. The van der Waals surface area contributed by atoms with Crippen LogP contribution in [0.5, 0.6) is 0 Å². The zero-order valence-electron chi connectivity index (χ0n) is 8.71. The molecule has 0 N–H and O–H groups in total. The standard InChI is InChI=1S/C12H15NO/c1-12(2)5-8(3-10(14)6-12)11-4-9(11)7-13/h3,9,11H,4-6H2,1-2H3/t9-,11+/m1/s1. The van der Waals surface area contributed by atoms with Gasteiger partial charge in [0, 0.05) is 6.42 Å². The van der Waals surface area contributed by atoms with Gasteiger partial charge in [-0.05, 0) is 30.3 Å². The van der Waals surface area contributed by atoms with Crippen molar-refractivity contribution in [1.82, 2.24) is 0 Å². The number of hydrogen-bond acceptors (Lipinski definition) is 2. The fourth-order valence-corrected chi connectivity index (χ4v) is 2.38. The second kappa shape index (κ2) is 2.95. The van der Waals surface area contributed by atoms with Gasteiger partial charge in [0.05, 0.1) is 12.0 Å². The van der Waals surface area contributed by atoms with Gasteiger partial charge in [-0.15, -0.1) is 0 Å². The Labute approximate surface area is 84.6 Å². The maximum Gasteiger partial charge on any atom is 0.156 e. The summed E-state index contributed by atoms with van der Waals surface area (Å²) in [5.41, 5.74) is 1.32. The highest BCUT2D eigenvalue weighted by Gasteiger charge is 2.43. The maximum atomic E-state index is 11.5. The summed E-state index contributed by atoms with van der Waals surface area (Å²) in [6, 6.07) is 2.28. The van der Waals surface area contributed by atoms with Crippen molar-refractivity contribution in [2.24, 2.45) is 17.3 Å². The molecule has 14 heavy (non-hydrogen) atoms. The molecule has 0 aromatic carbocycles. The quantitative estimate of drug-likeness (QED) is 0.635. The highest BCUT2D eigenvalue weighted by atomic mass is 16.1. The van der Waals surface area contributed by atoms with Crippen LogP contribution in [-0.4, -0.2) is 5.78 Å². The summed E-state index contributed by atoms with van der Waals surface area (Å²) in [5.74, 6) is 0.811. The zero-order chi connectivity index (χ0) is 10.3. The molecule has 0 aromatic heterocycles. The van der Waals surface area contributed by atoms with Crippen molar-refractivity contribution in [3.63, 3.8) is 0 Å². The molecular formula is C12H15NO. The second-order valence-corrected chi connectivity index (χ2v) is 5.28. The summed E-state index contributed by atoms with van der Waals surface area (Å²) in [4.78, 5) is 11.5. The maximum absolute atomic E-state index is 11.5. The lowest BCUT2D eigenvalue weighted by molar-refractivity contribution is -0.117. The summed E-state index contributed by atoms with van der Waals surface area (Å²) >= 11 is 0. The molecule has 0 amide bonds. The van der Waals surface area contributed by atoms with E-state index in [9.17, 15) is 4.79 Å². The smallest absolute Gasteiger partial charge is 0.156 e. The highest BCUT2D eigenvalue weighted by Crippen LogP contribution is 2.49. The number of hydrogen-bond donors (Lipinski definition) is 0. The van der Waals surface area contributed by atoms with Crippen LogP contribution in [-0.2, 0) is 4.79 Å². The van der Waals surface area contributed by atoms with E-state index < -0.39 is 0 Å². The van der Waals surface area contributed by atoms with E-state index >= 15 is 0 Å². The number of rotatable bonds is 1. The number of ketones is 1. The summed E-state index contributed by atoms with van der Waals surface area (Å²) in [6.07, 6.45) is 4.39. The molecule has 0 radical (unpaired) electrons. The Hall–Kier alpha value is -1.10. The van der Waals surface area contributed by atoms with Crippen molar-refractivity contribution in [2.45, 2.75) is 33.1 Å². The van der Waals surface area contributed by atoms with Gasteiger partial charge in [0.15, 0.2) is 5.78 Å². The van der Waals surface area contributed by atoms with Crippen LogP contribution >= 0.6 is 0 Å². The summed E-state index contributed by atoms with van der Waals surface area (Å²) < 4.78 is 0. The van der Waals surface area contributed by atoms with Crippen LogP contribution in [0.15, 0.2) is 11.6 Å². The fraction of sp³-hybridized carbons (Fsp3) is 0.667. The van der Waals surface area contributed by atoms with E-state index in [1.165, 1.54) is 5.57 Å². The molecule has 0 saturated heterocycles. The molecule has 0 spiro atoms. The molecule has 0 bridgehead atoms. The molecule has 0 aromatic rings. The Bertz CT molecular complexity index is 346. The van der Waals surface area contributed by atoms with Gasteiger partial charge in [0.25, 0.3) is 0 Å². The Balaban J connectivity index is 2.14. The van der Waals surface area contributed by atoms with E-state index in [0.717, 1.165) is 12.8 Å². The van der Waals surface area contributed by atoms with Gasteiger partial charge in [-0.1, -0.05) is 19.4 Å². The van der Waals surface area contributed by atoms with Crippen molar-refractivity contribution in [2.75, 3.05) is 0 Å². The first-order chi connectivity index (χ1) is 6.52. The molecule has 2 nitrogen and oxygen atoms in total. The van der Waals surface area contributed by atoms with E-state index in [-0.39, 0.29) is 17.1 Å². The molecule has 0 unspecified atom stereocenters. The largest absolute Gasteiger partial charge is 0.295 e. The van der Waals surface area contributed by atoms with Gasteiger partial charge in [-0.3, -0.25) is 4.79 Å². The van der Waals surface area contributed by atoms with Gasteiger partial charge < -0.3 is 0 Å². The van der Waals surface area contributed by atoms with Crippen molar-refractivity contribution >= 4 is 5.78 Å². The van der Waals surface area contributed by atoms with Crippen LogP contribution in [0.25, 0.3) is 0 Å². The van der Waals surface area contributed by atoms with Gasteiger partial charge in [-0.25, -0.2) is 0 Å². The number of nitrogens with zero attached hydrogens (tertiary/aromatic N) is 1. The van der Waals surface area contributed by atoms with Gasteiger partial charge in [-0.2, -0.15) is 5.26 Å². The van der Waals surface area contributed by atoms with Crippen molar-refractivity contribution in [1.29, 1.82) is 5.26 Å². The lowest BCUT2D eigenvalue weighted by atomic mass is 9.75. The summed E-state index contributed by atoms with van der Waals surface area (Å²) in [5, 5.41) is 8.74. The SMILES string of the molecule is CC1(C)CC(=O)C=C([C@@H]2C[C@@H]2C#N)C1. The normalized spacial score (nSPS) is 34.6. The number of nitriles is 1. The van der Waals surface area contributed by atoms with Crippen LogP contribution in [0, 0.1) is 28.6 Å². The minimum Gasteiger partial charge on any atom is -0.295 e. The minimum atomic E-state index is 0.101. The first-order valence-electron chi connectivity index (χ1n) is 5.15. The average Bonchev–Trinajstić information content (AvgIpc) is 2.78. The third-order valence-electron chi connectivity index (χ3n) is 3.11. The van der Waals surface area contributed by atoms with E-state index in [1.54, 1.807) is 6.08 Å². The van der Waals surface area contributed by atoms with E-state index in [0.29, 0.717) is 12.3 Å². The number of allylic oxidation sites excluding steroid dienone is 2. The lowest BCUT2D eigenvalue weighted by Crippen LogP contribution is -2.22. The molecule has 2 rings (SSSR count). The van der Waals surface area contributed by atoms with Crippen molar-refractivity contribution in [3.05, 3.63) is 11.6 Å². The molecule has 0 aliphatic heterocycles. The second-order valence-electron chi connectivity index (χ2n) is 5.28. The van der Waals surface area contributed by atoms with Gasteiger partial charge in [0.1, 0.15) is 0 Å². The van der Waals surface area contributed by atoms with Crippen LogP contribution in [0.4, 0.5) is 0 Å². The fourth-order valence-electron chi connectivity index (χ4n) is 2.38. The zero-order valence-corrected chi connectivity index (χ0v) is 8.71. The Morgan fingerprint density at radius 2 is 2.21 bits per heavy atom. The molecule has 0 heterocycles. The van der Waals surface area contributed by atoms with Crippen LogP contribution in [0.2, 0.25) is 0 Å². The Morgan fingerprint density at radius 3 is 2.71 bits per heavy atom. The third-order valence-corrected chi connectivity index (χ3v) is 3.11.